The average Bonchev–Trinajstić information content (AvgIpc) is 3.10. The third-order valence-electron chi connectivity index (χ3n) is 5.08. The van der Waals surface area contributed by atoms with Gasteiger partial charge in [-0.1, -0.05) is 78.8 Å². The van der Waals surface area contributed by atoms with Gasteiger partial charge in [0.25, 0.3) is 0 Å². The summed E-state index contributed by atoms with van der Waals surface area (Å²) in [6, 6.07) is 18.5. The fraction of sp³-hybridized carbons (Fsp3) is 0.348. The number of nitrogens with one attached hydrogen (secondary N) is 1. The Morgan fingerprint density at radius 2 is 1.79 bits per heavy atom. The van der Waals surface area contributed by atoms with Crippen molar-refractivity contribution < 1.29 is 4.79 Å². The van der Waals surface area contributed by atoms with E-state index < -0.39 is 0 Å². The predicted octanol–water partition coefficient (Wildman–Crippen LogP) is 4.58. The second-order valence-electron chi connectivity index (χ2n) is 7.25. The predicted molar refractivity (Wildman–Crippen MR) is 119 cm³/mol. The number of thioether (sulfide) groups is 1. The summed E-state index contributed by atoms with van der Waals surface area (Å²) in [5.74, 6) is 1.14. The Hall–Kier alpha value is -2.60. The van der Waals surface area contributed by atoms with Crippen LogP contribution >= 0.6 is 11.8 Å². The lowest BCUT2D eigenvalue weighted by Crippen LogP contribution is -2.34. The first-order chi connectivity index (χ1) is 14.0. The smallest absolute Gasteiger partial charge is 0.233 e. The molecule has 5 nitrogen and oxygen atoms in total. The Kier molecular flexibility index (Phi) is 7.09. The molecule has 1 N–H and O–H groups in total. The minimum atomic E-state index is -0.253. The van der Waals surface area contributed by atoms with Crippen molar-refractivity contribution in [3.63, 3.8) is 0 Å². The summed E-state index contributed by atoms with van der Waals surface area (Å²) in [7, 11) is 1.94. The van der Waals surface area contributed by atoms with E-state index in [0.717, 1.165) is 23.0 Å². The van der Waals surface area contributed by atoms with Crippen LogP contribution in [-0.4, -0.2) is 32.5 Å². The second-order valence-corrected chi connectivity index (χ2v) is 8.56. The maximum Gasteiger partial charge on any atom is 0.233 e. The highest BCUT2D eigenvalue weighted by molar-refractivity contribution is 8.00. The summed E-state index contributed by atoms with van der Waals surface area (Å²) in [5, 5.41) is 12.2. The van der Waals surface area contributed by atoms with Crippen LogP contribution in [0.3, 0.4) is 0 Å². The van der Waals surface area contributed by atoms with Gasteiger partial charge in [0.1, 0.15) is 0 Å². The van der Waals surface area contributed by atoms with Gasteiger partial charge in [0.05, 0.1) is 5.25 Å². The number of hydrogen-bond acceptors (Lipinski definition) is 4. The molecule has 1 amide bonds. The van der Waals surface area contributed by atoms with Crippen LogP contribution in [0.15, 0.2) is 59.8 Å². The van der Waals surface area contributed by atoms with Gasteiger partial charge in [-0.3, -0.25) is 4.79 Å². The van der Waals surface area contributed by atoms with Crippen molar-refractivity contribution in [2.45, 2.75) is 43.5 Å². The van der Waals surface area contributed by atoms with E-state index in [1.54, 1.807) is 0 Å². The highest BCUT2D eigenvalue weighted by Gasteiger charge is 2.20. The molecule has 6 heteroatoms. The molecule has 0 aliphatic rings. The first-order valence-corrected chi connectivity index (χ1v) is 10.8. The maximum atomic E-state index is 12.6. The lowest BCUT2D eigenvalue weighted by atomic mass is 9.96. The van der Waals surface area contributed by atoms with Crippen LogP contribution in [-0.2, 0) is 11.8 Å². The molecule has 0 aliphatic carbocycles. The number of aryl methyl sites for hydroxylation is 1. The molecule has 0 spiro atoms. The Labute approximate surface area is 176 Å². The first-order valence-electron chi connectivity index (χ1n) is 9.95. The zero-order chi connectivity index (χ0) is 20.8. The van der Waals surface area contributed by atoms with Crippen molar-refractivity contribution in [3.8, 4) is 11.4 Å². The Balaban J connectivity index is 1.60. The molecular weight excluding hydrogens is 380 g/mol. The Morgan fingerprint density at radius 1 is 1.10 bits per heavy atom. The van der Waals surface area contributed by atoms with Gasteiger partial charge < -0.3 is 9.88 Å². The molecule has 0 aliphatic heterocycles. The van der Waals surface area contributed by atoms with Crippen molar-refractivity contribution >= 4 is 17.7 Å². The van der Waals surface area contributed by atoms with Gasteiger partial charge in [-0.05, 0) is 25.8 Å². The lowest BCUT2D eigenvalue weighted by Gasteiger charge is -2.18. The molecule has 1 aromatic heterocycles. The number of carbonyl (C=O) groups is 1. The van der Waals surface area contributed by atoms with E-state index >= 15 is 0 Å². The molecule has 2 aromatic carbocycles. The molecule has 0 saturated carbocycles. The van der Waals surface area contributed by atoms with Crippen LogP contribution in [0.25, 0.3) is 11.4 Å². The number of amides is 1. The quantitative estimate of drug-likeness (QED) is 0.554. The number of hydrogen-bond donors (Lipinski definition) is 1. The van der Waals surface area contributed by atoms with Crippen molar-refractivity contribution in [3.05, 3.63) is 65.7 Å². The number of benzene rings is 2. The first kappa shape index (κ1) is 21.1. The van der Waals surface area contributed by atoms with E-state index in [4.69, 9.17) is 0 Å². The highest BCUT2D eigenvalue weighted by Crippen LogP contribution is 2.26. The number of carbonyl (C=O) groups excluding carboxylic acids is 1. The van der Waals surface area contributed by atoms with Gasteiger partial charge >= 0.3 is 0 Å². The zero-order valence-electron chi connectivity index (χ0n) is 17.4. The SMILES string of the molecule is CC[C@@H](CNC(=O)[C@@H](C)Sc1nnc(-c2ccc(C)cc2)n1C)c1ccccc1. The summed E-state index contributed by atoms with van der Waals surface area (Å²) in [5.41, 5.74) is 3.48. The monoisotopic (exact) mass is 408 g/mol. The molecule has 0 fully saturated rings. The number of aromatic nitrogens is 3. The minimum absolute atomic E-state index is 0.0178. The maximum absolute atomic E-state index is 12.6. The summed E-state index contributed by atoms with van der Waals surface area (Å²) in [4.78, 5) is 12.6. The van der Waals surface area contributed by atoms with Gasteiger partial charge in [0, 0.05) is 25.1 Å². The van der Waals surface area contributed by atoms with E-state index in [1.807, 2.05) is 48.9 Å². The topological polar surface area (TPSA) is 59.8 Å². The van der Waals surface area contributed by atoms with Crippen molar-refractivity contribution in [2.24, 2.45) is 7.05 Å². The van der Waals surface area contributed by atoms with Gasteiger partial charge in [0.2, 0.25) is 5.91 Å². The van der Waals surface area contributed by atoms with Crippen LogP contribution in [0, 0.1) is 6.92 Å². The van der Waals surface area contributed by atoms with Crippen molar-refractivity contribution in [2.75, 3.05) is 6.54 Å². The molecule has 29 heavy (non-hydrogen) atoms. The molecule has 0 saturated heterocycles. The van der Waals surface area contributed by atoms with E-state index in [1.165, 1.54) is 22.9 Å². The van der Waals surface area contributed by atoms with Gasteiger partial charge in [-0.2, -0.15) is 0 Å². The lowest BCUT2D eigenvalue weighted by molar-refractivity contribution is -0.120. The zero-order valence-corrected chi connectivity index (χ0v) is 18.2. The molecule has 0 radical (unpaired) electrons. The molecule has 0 bridgehead atoms. The molecule has 3 aromatic rings. The summed E-state index contributed by atoms with van der Waals surface area (Å²) in [6.07, 6.45) is 0.981. The molecule has 2 atom stereocenters. The standard InChI is InChI=1S/C23H28N4OS/c1-5-18(19-9-7-6-8-10-19)15-24-22(28)17(3)29-23-26-25-21(27(23)4)20-13-11-16(2)12-14-20/h6-14,17-18H,5,15H2,1-4H3,(H,24,28)/t17-,18+/m1/s1. The van der Waals surface area contributed by atoms with Crippen molar-refractivity contribution in [1.29, 1.82) is 0 Å². The van der Waals surface area contributed by atoms with E-state index in [-0.39, 0.29) is 11.2 Å². The normalized spacial score (nSPS) is 13.1. The molecular formula is C23H28N4OS. The molecule has 3 rings (SSSR count). The Bertz CT molecular complexity index is 937. The minimum Gasteiger partial charge on any atom is -0.355 e. The van der Waals surface area contributed by atoms with Crippen LogP contribution in [0.1, 0.15) is 37.3 Å². The van der Waals surface area contributed by atoms with Crippen LogP contribution in [0.5, 0.6) is 0 Å². The average molecular weight is 409 g/mol. The number of rotatable bonds is 8. The van der Waals surface area contributed by atoms with Gasteiger partial charge in [-0.25, -0.2) is 0 Å². The Morgan fingerprint density at radius 3 is 2.45 bits per heavy atom. The second kappa shape index (κ2) is 9.74. The van der Waals surface area contributed by atoms with Gasteiger partial charge in [0.15, 0.2) is 11.0 Å². The van der Waals surface area contributed by atoms with Gasteiger partial charge in [-0.15, -0.1) is 10.2 Å². The summed E-state index contributed by atoms with van der Waals surface area (Å²) in [6.45, 7) is 6.75. The summed E-state index contributed by atoms with van der Waals surface area (Å²) >= 11 is 1.43. The fourth-order valence-corrected chi connectivity index (χ4v) is 4.01. The molecule has 152 valence electrons. The third kappa shape index (κ3) is 5.26. The van der Waals surface area contributed by atoms with Crippen LogP contribution < -0.4 is 5.32 Å². The van der Waals surface area contributed by atoms with Crippen LogP contribution in [0.2, 0.25) is 0 Å². The van der Waals surface area contributed by atoms with E-state index in [2.05, 4.69) is 53.6 Å². The highest BCUT2D eigenvalue weighted by atomic mass is 32.2. The molecule has 1 heterocycles. The van der Waals surface area contributed by atoms with E-state index in [9.17, 15) is 4.79 Å². The van der Waals surface area contributed by atoms with Crippen molar-refractivity contribution in [1.82, 2.24) is 20.1 Å². The summed E-state index contributed by atoms with van der Waals surface area (Å²) < 4.78 is 1.94. The largest absolute Gasteiger partial charge is 0.355 e. The van der Waals surface area contributed by atoms with Crippen LogP contribution in [0.4, 0.5) is 0 Å². The molecule has 0 unspecified atom stereocenters. The third-order valence-corrected chi connectivity index (χ3v) is 6.22. The number of nitrogens with zero attached hydrogens (tertiary/aromatic N) is 3. The fourth-order valence-electron chi connectivity index (χ4n) is 3.17. The van der Waals surface area contributed by atoms with E-state index in [0.29, 0.717) is 12.5 Å².